The molecule has 4 nitrogen and oxygen atoms in total. The lowest BCUT2D eigenvalue weighted by Crippen LogP contribution is -2.16. The molecule has 0 heterocycles. The van der Waals surface area contributed by atoms with Gasteiger partial charge in [0, 0.05) is 0 Å². The fraction of sp³-hybridized carbons (Fsp3) is 0.462. The lowest BCUT2D eigenvalue weighted by atomic mass is 9.95. The number of fused-ring (bicyclic) bond motifs is 1. The van der Waals surface area contributed by atoms with Crippen molar-refractivity contribution < 1.29 is 19.4 Å². The average molecular weight is 236 g/mol. The summed E-state index contributed by atoms with van der Waals surface area (Å²) in [6.45, 7) is 1.94. The van der Waals surface area contributed by atoms with E-state index in [-0.39, 0.29) is 11.8 Å². The van der Waals surface area contributed by atoms with Gasteiger partial charge in [0.15, 0.2) is 11.5 Å². The molecular formula is C13H16O4. The fourth-order valence-electron chi connectivity index (χ4n) is 2.47. The van der Waals surface area contributed by atoms with Gasteiger partial charge in [0.05, 0.1) is 20.1 Å². The number of hydrogen-bond acceptors (Lipinski definition) is 3. The van der Waals surface area contributed by atoms with Crippen molar-refractivity contribution in [2.24, 2.45) is 5.92 Å². The quantitative estimate of drug-likeness (QED) is 0.872. The van der Waals surface area contributed by atoms with E-state index in [0.717, 1.165) is 11.1 Å². The molecule has 1 aliphatic carbocycles. The van der Waals surface area contributed by atoms with E-state index in [9.17, 15) is 4.79 Å². The molecule has 1 aromatic rings. The van der Waals surface area contributed by atoms with Crippen molar-refractivity contribution in [1.29, 1.82) is 0 Å². The predicted octanol–water partition coefficient (Wildman–Crippen LogP) is 2.06. The molecular weight excluding hydrogens is 220 g/mol. The summed E-state index contributed by atoms with van der Waals surface area (Å²) in [5, 5.41) is 9.15. The maximum Gasteiger partial charge on any atom is 0.307 e. The highest BCUT2D eigenvalue weighted by Crippen LogP contribution is 2.43. The van der Waals surface area contributed by atoms with Crippen molar-refractivity contribution in [3.8, 4) is 11.5 Å². The Hall–Kier alpha value is -1.71. The summed E-state index contributed by atoms with van der Waals surface area (Å²) in [6, 6.07) is 3.77. The Morgan fingerprint density at radius 3 is 2.41 bits per heavy atom. The van der Waals surface area contributed by atoms with Crippen molar-refractivity contribution in [2.75, 3.05) is 14.2 Å². The lowest BCUT2D eigenvalue weighted by Gasteiger charge is -2.12. The van der Waals surface area contributed by atoms with Crippen LogP contribution in [0.3, 0.4) is 0 Å². The number of benzene rings is 1. The molecule has 0 radical (unpaired) electrons. The van der Waals surface area contributed by atoms with Gasteiger partial charge in [-0.1, -0.05) is 6.92 Å². The zero-order chi connectivity index (χ0) is 12.6. The average Bonchev–Trinajstić information content (AvgIpc) is 2.64. The normalized spacial score (nSPS) is 22.1. The maximum absolute atomic E-state index is 11.1. The van der Waals surface area contributed by atoms with Crippen molar-refractivity contribution in [3.05, 3.63) is 23.3 Å². The molecule has 17 heavy (non-hydrogen) atoms. The first-order chi connectivity index (χ1) is 8.08. The van der Waals surface area contributed by atoms with Crippen LogP contribution in [0.15, 0.2) is 12.1 Å². The van der Waals surface area contributed by atoms with E-state index in [1.165, 1.54) is 0 Å². The van der Waals surface area contributed by atoms with Crippen molar-refractivity contribution >= 4 is 5.97 Å². The number of methoxy groups -OCH3 is 2. The van der Waals surface area contributed by atoms with Crippen molar-refractivity contribution in [1.82, 2.24) is 0 Å². The zero-order valence-electron chi connectivity index (χ0n) is 10.2. The molecule has 4 heteroatoms. The monoisotopic (exact) mass is 236 g/mol. The van der Waals surface area contributed by atoms with Gasteiger partial charge in [-0.2, -0.15) is 0 Å². The van der Waals surface area contributed by atoms with Gasteiger partial charge >= 0.3 is 5.97 Å². The molecule has 0 aliphatic heterocycles. The van der Waals surface area contributed by atoms with Crippen molar-refractivity contribution in [2.45, 2.75) is 19.3 Å². The summed E-state index contributed by atoms with van der Waals surface area (Å²) < 4.78 is 10.5. The van der Waals surface area contributed by atoms with E-state index in [4.69, 9.17) is 14.6 Å². The van der Waals surface area contributed by atoms with Gasteiger partial charge in [-0.15, -0.1) is 0 Å². The molecule has 0 aromatic heterocycles. The maximum atomic E-state index is 11.1. The highest BCUT2D eigenvalue weighted by Gasteiger charge is 2.35. The number of hydrogen-bond donors (Lipinski definition) is 1. The third-order valence-electron chi connectivity index (χ3n) is 3.50. The summed E-state index contributed by atoms with van der Waals surface area (Å²) in [5.74, 6) is 0.240. The molecule has 0 amide bonds. The summed E-state index contributed by atoms with van der Waals surface area (Å²) in [7, 11) is 3.16. The van der Waals surface area contributed by atoms with E-state index in [1.54, 1.807) is 14.2 Å². The topological polar surface area (TPSA) is 55.8 Å². The molecule has 0 unspecified atom stereocenters. The first kappa shape index (κ1) is 11.8. The standard InChI is InChI=1S/C13H16O4/c1-7-9-6-12(17-3)11(16-2)5-8(9)4-10(7)13(14)15/h5-7,10H,4H2,1-3H3,(H,14,15)/t7-,10+/m1/s1. The Morgan fingerprint density at radius 2 is 1.88 bits per heavy atom. The highest BCUT2D eigenvalue weighted by atomic mass is 16.5. The van der Waals surface area contributed by atoms with Gasteiger partial charge in [0.2, 0.25) is 0 Å². The molecule has 2 rings (SSSR count). The van der Waals surface area contributed by atoms with Crippen LogP contribution in [0.25, 0.3) is 0 Å². The second kappa shape index (κ2) is 4.28. The first-order valence-electron chi connectivity index (χ1n) is 5.56. The van der Waals surface area contributed by atoms with Gasteiger partial charge in [0.1, 0.15) is 0 Å². The third kappa shape index (κ3) is 1.84. The molecule has 1 aliphatic rings. The summed E-state index contributed by atoms with van der Waals surface area (Å²) in [4.78, 5) is 11.1. The second-order valence-corrected chi connectivity index (χ2v) is 4.34. The van der Waals surface area contributed by atoms with Crippen LogP contribution in [0.1, 0.15) is 24.0 Å². The van der Waals surface area contributed by atoms with Crippen molar-refractivity contribution in [3.63, 3.8) is 0 Å². The molecule has 0 bridgehead atoms. The molecule has 1 aromatic carbocycles. The van der Waals surface area contributed by atoms with Gasteiger partial charge in [0.25, 0.3) is 0 Å². The molecule has 2 atom stereocenters. The molecule has 0 fully saturated rings. The van der Waals surface area contributed by atoms with E-state index < -0.39 is 5.97 Å². The van der Waals surface area contributed by atoms with Crippen LogP contribution in [0.4, 0.5) is 0 Å². The molecule has 0 saturated carbocycles. The largest absolute Gasteiger partial charge is 0.493 e. The van der Waals surface area contributed by atoms with E-state index in [0.29, 0.717) is 17.9 Å². The molecule has 0 spiro atoms. The predicted molar refractivity (Wildman–Crippen MR) is 62.8 cm³/mol. The summed E-state index contributed by atoms with van der Waals surface area (Å²) in [5.41, 5.74) is 2.10. The second-order valence-electron chi connectivity index (χ2n) is 4.34. The minimum Gasteiger partial charge on any atom is -0.493 e. The zero-order valence-corrected chi connectivity index (χ0v) is 10.2. The third-order valence-corrected chi connectivity index (χ3v) is 3.50. The number of ether oxygens (including phenoxy) is 2. The molecule has 0 saturated heterocycles. The fourth-order valence-corrected chi connectivity index (χ4v) is 2.47. The van der Waals surface area contributed by atoms with Gasteiger partial charge in [-0.05, 0) is 35.6 Å². The van der Waals surface area contributed by atoms with Crippen LogP contribution < -0.4 is 9.47 Å². The van der Waals surface area contributed by atoms with Crippen LogP contribution in [-0.4, -0.2) is 25.3 Å². The highest BCUT2D eigenvalue weighted by molar-refractivity contribution is 5.74. The molecule has 1 N–H and O–H groups in total. The van der Waals surface area contributed by atoms with Gasteiger partial charge in [-0.3, -0.25) is 4.79 Å². The minimum atomic E-state index is -0.744. The minimum absolute atomic E-state index is 0.0160. The summed E-state index contributed by atoms with van der Waals surface area (Å²) in [6.07, 6.45) is 0.562. The Kier molecular flexibility index (Phi) is 2.96. The van der Waals surface area contributed by atoms with Crippen LogP contribution in [-0.2, 0) is 11.2 Å². The number of aliphatic carboxylic acids is 1. The lowest BCUT2D eigenvalue weighted by molar-refractivity contribution is -0.142. The number of carboxylic acids is 1. The molecule has 92 valence electrons. The number of carbonyl (C=O) groups is 1. The number of rotatable bonds is 3. The Morgan fingerprint density at radius 1 is 1.29 bits per heavy atom. The van der Waals surface area contributed by atoms with Gasteiger partial charge in [-0.25, -0.2) is 0 Å². The van der Waals surface area contributed by atoms with Crippen LogP contribution in [0, 0.1) is 5.92 Å². The van der Waals surface area contributed by atoms with Crippen LogP contribution >= 0.6 is 0 Å². The SMILES string of the molecule is COc1cc2c(cc1OC)[C@@H](C)[C@@H](C(=O)O)C2. The Balaban J connectivity index is 2.45. The Labute approximate surface area is 100 Å². The van der Waals surface area contributed by atoms with Gasteiger partial charge < -0.3 is 14.6 Å². The summed E-state index contributed by atoms with van der Waals surface area (Å²) >= 11 is 0. The van der Waals surface area contributed by atoms with Crippen LogP contribution in [0.5, 0.6) is 11.5 Å². The van der Waals surface area contributed by atoms with E-state index in [2.05, 4.69) is 0 Å². The van der Waals surface area contributed by atoms with E-state index in [1.807, 2.05) is 19.1 Å². The Bertz CT molecular complexity index is 453. The van der Waals surface area contributed by atoms with E-state index >= 15 is 0 Å². The van der Waals surface area contributed by atoms with Crippen LogP contribution in [0.2, 0.25) is 0 Å². The first-order valence-corrected chi connectivity index (χ1v) is 5.56. The number of carboxylic acid groups (broad SMARTS) is 1. The smallest absolute Gasteiger partial charge is 0.307 e.